The van der Waals surface area contributed by atoms with Gasteiger partial charge in [0.1, 0.15) is 0 Å². The smallest absolute Gasteiger partial charge is 0.368 e. The lowest BCUT2D eigenvalue weighted by Gasteiger charge is -2.37. The largest absolute Gasteiger partial charge is 0.406 e. The molecule has 0 bridgehead atoms. The van der Waals surface area contributed by atoms with Gasteiger partial charge in [-0.1, -0.05) is 18.2 Å². The lowest BCUT2D eigenvalue weighted by molar-refractivity contribution is -0.388. The number of rotatable bonds is 3. The summed E-state index contributed by atoms with van der Waals surface area (Å²) in [6.45, 7) is 5.28. The van der Waals surface area contributed by atoms with Gasteiger partial charge in [-0.2, -0.15) is 0 Å². The summed E-state index contributed by atoms with van der Waals surface area (Å²) in [7, 11) is 1.79. The molecule has 22 heavy (non-hydrogen) atoms. The topological polar surface area (TPSA) is 67.4 Å². The number of anilines is 2. The molecule has 2 heterocycles. The highest BCUT2D eigenvalue weighted by molar-refractivity contribution is 5.58. The fourth-order valence-electron chi connectivity index (χ4n) is 2.98. The Hall–Kier alpha value is -2.57. The van der Waals surface area contributed by atoms with Crippen molar-refractivity contribution in [2.75, 3.05) is 36.0 Å². The van der Waals surface area contributed by atoms with Crippen molar-refractivity contribution in [3.8, 4) is 0 Å². The molecule has 116 valence electrons. The third-order valence-electron chi connectivity index (χ3n) is 4.10. The summed E-state index contributed by atoms with van der Waals surface area (Å²) in [5.41, 5.74) is 2.49. The van der Waals surface area contributed by atoms with Crippen molar-refractivity contribution in [2.24, 2.45) is 7.05 Å². The highest BCUT2D eigenvalue weighted by Crippen LogP contribution is 2.28. The minimum Gasteiger partial charge on any atom is -0.368 e. The van der Waals surface area contributed by atoms with Gasteiger partial charge in [0, 0.05) is 38.9 Å². The number of nitrogens with zero attached hydrogens (tertiary/aromatic N) is 5. The second-order valence-electron chi connectivity index (χ2n) is 5.52. The van der Waals surface area contributed by atoms with E-state index in [0.717, 1.165) is 26.2 Å². The van der Waals surface area contributed by atoms with Crippen molar-refractivity contribution >= 4 is 17.3 Å². The third-order valence-corrected chi connectivity index (χ3v) is 4.10. The van der Waals surface area contributed by atoms with Crippen LogP contribution < -0.4 is 9.80 Å². The molecule has 7 nitrogen and oxygen atoms in total. The Morgan fingerprint density at radius 2 is 1.77 bits per heavy atom. The van der Waals surface area contributed by atoms with E-state index in [1.807, 2.05) is 17.0 Å². The molecule has 2 aromatic rings. The molecule has 1 saturated heterocycles. The maximum Gasteiger partial charge on any atom is 0.406 e. The highest BCUT2D eigenvalue weighted by Gasteiger charge is 2.28. The van der Waals surface area contributed by atoms with Gasteiger partial charge in [0.2, 0.25) is 12.1 Å². The van der Waals surface area contributed by atoms with E-state index in [1.165, 1.54) is 17.6 Å². The van der Waals surface area contributed by atoms with Crippen LogP contribution >= 0.6 is 0 Å². The molecule has 0 aliphatic carbocycles. The molecule has 0 atom stereocenters. The first-order valence-corrected chi connectivity index (χ1v) is 7.29. The fraction of sp³-hybridized carbons (Fsp3) is 0.400. The summed E-state index contributed by atoms with van der Waals surface area (Å²) in [6.07, 6.45) is 1.50. The molecule has 0 radical (unpaired) electrons. The Morgan fingerprint density at radius 3 is 2.41 bits per heavy atom. The molecular weight excluding hydrogens is 282 g/mol. The number of benzene rings is 1. The van der Waals surface area contributed by atoms with Gasteiger partial charge in [-0.05, 0) is 28.5 Å². The predicted octanol–water partition coefficient (Wildman–Crippen LogP) is 1.96. The number of aryl methyl sites for hydroxylation is 2. The molecule has 7 heteroatoms. The van der Waals surface area contributed by atoms with Gasteiger partial charge in [-0.15, -0.1) is 0 Å². The molecule has 3 rings (SSSR count). The first-order chi connectivity index (χ1) is 10.6. The molecule has 1 aliphatic heterocycles. The number of aromatic nitrogens is 2. The van der Waals surface area contributed by atoms with Crippen molar-refractivity contribution in [3.05, 3.63) is 46.3 Å². The Labute approximate surface area is 128 Å². The minimum absolute atomic E-state index is 0.0631. The standard InChI is InChI=1S/C15H19N5O2/c1-12-5-3-4-6-13(12)18-7-9-19(10-8-18)15-14(20(21)22)16-11-17(15)2/h3-6,11H,7-10H2,1-2H3. The van der Waals surface area contributed by atoms with Gasteiger partial charge in [0.05, 0.1) is 0 Å². The van der Waals surface area contributed by atoms with E-state index in [9.17, 15) is 10.1 Å². The van der Waals surface area contributed by atoms with Gasteiger partial charge in [-0.3, -0.25) is 4.57 Å². The summed E-state index contributed by atoms with van der Waals surface area (Å²) >= 11 is 0. The summed E-state index contributed by atoms with van der Waals surface area (Å²) in [5, 5.41) is 11.1. The van der Waals surface area contributed by atoms with E-state index in [2.05, 4.69) is 28.9 Å². The first kappa shape index (κ1) is 14.4. The number of imidazole rings is 1. The van der Waals surface area contributed by atoms with Crippen LogP contribution in [0.3, 0.4) is 0 Å². The molecule has 1 fully saturated rings. The second kappa shape index (κ2) is 5.67. The van der Waals surface area contributed by atoms with Gasteiger partial charge in [0.15, 0.2) is 0 Å². The van der Waals surface area contributed by atoms with Gasteiger partial charge < -0.3 is 19.9 Å². The first-order valence-electron chi connectivity index (χ1n) is 7.29. The predicted molar refractivity (Wildman–Crippen MR) is 85.5 cm³/mol. The molecular formula is C15H19N5O2. The summed E-state index contributed by atoms with van der Waals surface area (Å²) in [4.78, 5) is 18.9. The van der Waals surface area contributed by atoms with E-state index in [0.29, 0.717) is 5.82 Å². The number of nitro groups is 1. The SMILES string of the molecule is Cc1ccccc1N1CCN(c2c([N+](=O)[O-])ncn2C)CC1. The summed E-state index contributed by atoms with van der Waals surface area (Å²) < 4.78 is 1.72. The van der Waals surface area contributed by atoms with E-state index in [1.54, 1.807) is 11.6 Å². The van der Waals surface area contributed by atoms with Gasteiger partial charge in [0.25, 0.3) is 0 Å². The van der Waals surface area contributed by atoms with Crippen LogP contribution in [-0.4, -0.2) is 40.7 Å². The lowest BCUT2D eigenvalue weighted by atomic mass is 10.1. The molecule has 0 N–H and O–H groups in total. The number of hydrogen-bond acceptors (Lipinski definition) is 5. The summed E-state index contributed by atoms with van der Waals surface area (Å²) in [6, 6.07) is 8.31. The molecule has 1 aromatic heterocycles. The third kappa shape index (κ3) is 2.49. The number of para-hydroxylation sites is 1. The van der Waals surface area contributed by atoms with Crippen LogP contribution in [0, 0.1) is 17.0 Å². The maximum absolute atomic E-state index is 11.1. The zero-order chi connectivity index (χ0) is 15.7. The number of hydrogen-bond donors (Lipinski definition) is 0. The summed E-state index contributed by atoms with van der Waals surface area (Å²) in [5.74, 6) is 0.529. The Balaban J connectivity index is 1.77. The normalized spacial score (nSPS) is 15.2. The van der Waals surface area contributed by atoms with Crippen molar-refractivity contribution in [1.82, 2.24) is 9.55 Å². The second-order valence-corrected chi connectivity index (χ2v) is 5.52. The van der Waals surface area contributed by atoms with Crippen LogP contribution in [0.1, 0.15) is 5.56 Å². The molecule has 1 aromatic carbocycles. The van der Waals surface area contributed by atoms with Crippen LogP contribution in [0.2, 0.25) is 0 Å². The minimum atomic E-state index is -0.414. The van der Waals surface area contributed by atoms with Crippen LogP contribution in [0.5, 0.6) is 0 Å². The lowest BCUT2D eigenvalue weighted by Crippen LogP contribution is -2.47. The monoisotopic (exact) mass is 301 g/mol. The Morgan fingerprint density at radius 1 is 1.14 bits per heavy atom. The van der Waals surface area contributed by atoms with Gasteiger partial charge in [-0.25, -0.2) is 0 Å². The van der Waals surface area contributed by atoms with Crippen LogP contribution in [-0.2, 0) is 7.05 Å². The van der Waals surface area contributed by atoms with Crippen molar-refractivity contribution < 1.29 is 4.92 Å². The fourth-order valence-corrected chi connectivity index (χ4v) is 2.98. The van der Waals surface area contributed by atoms with E-state index in [4.69, 9.17) is 0 Å². The van der Waals surface area contributed by atoms with Crippen molar-refractivity contribution in [3.63, 3.8) is 0 Å². The van der Waals surface area contributed by atoms with E-state index in [-0.39, 0.29) is 5.82 Å². The average molecular weight is 301 g/mol. The van der Waals surface area contributed by atoms with Crippen LogP contribution in [0.4, 0.5) is 17.3 Å². The van der Waals surface area contributed by atoms with Crippen molar-refractivity contribution in [2.45, 2.75) is 6.92 Å². The Kier molecular flexibility index (Phi) is 3.70. The van der Waals surface area contributed by atoms with Crippen LogP contribution in [0.15, 0.2) is 30.6 Å². The van der Waals surface area contributed by atoms with Gasteiger partial charge >= 0.3 is 5.82 Å². The van der Waals surface area contributed by atoms with Crippen molar-refractivity contribution in [1.29, 1.82) is 0 Å². The maximum atomic E-state index is 11.1. The van der Waals surface area contributed by atoms with E-state index >= 15 is 0 Å². The number of piperazine rings is 1. The van der Waals surface area contributed by atoms with Crippen LogP contribution in [0.25, 0.3) is 0 Å². The highest BCUT2D eigenvalue weighted by atomic mass is 16.6. The molecule has 0 saturated carbocycles. The quantitative estimate of drug-likeness (QED) is 0.640. The Bertz CT molecular complexity index is 689. The molecule has 0 spiro atoms. The zero-order valence-electron chi connectivity index (χ0n) is 12.8. The average Bonchev–Trinajstić information content (AvgIpc) is 2.90. The molecule has 1 aliphatic rings. The molecule has 0 amide bonds. The zero-order valence-corrected chi connectivity index (χ0v) is 12.8. The van der Waals surface area contributed by atoms with E-state index < -0.39 is 4.92 Å². The molecule has 0 unspecified atom stereocenters.